The van der Waals surface area contributed by atoms with Crippen LogP contribution in [0.15, 0.2) is 0 Å². The van der Waals surface area contributed by atoms with E-state index in [0.717, 1.165) is 38.9 Å². The number of rotatable bonds is 5. The minimum absolute atomic E-state index is 0.225. The molecule has 1 aliphatic rings. The predicted molar refractivity (Wildman–Crippen MR) is 55.4 cm³/mol. The Bertz CT molecular complexity index is 195. The smallest absolute Gasteiger partial charge is 0.320 e. The van der Waals surface area contributed by atoms with Gasteiger partial charge in [0.25, 0.3) is 0 Å². The quantitative estimate of drug-likeness (QED) is 0.701. The summed E-state index contributed by atoms with van der Waals surface area (Å²) in [5, 5.41) is 8.94. The molecule has 1 fully saturated rings. The van der Waals surface area contributed by atoms with Crippen LogP contribution in [0.2, 0.25) is 0 Å². The van der Waals surface area contributed by atoms with Gasteiger partial charge in [0.2, 0.25) is 0 Å². The second-order valence-corrected chi connectivity index (χ2v) is 4.19. The molecule has 1 atom stereocenters. The van der Waals surface area contributed by atoms with Crippen molar-refractivity contribution in [3.63, 3.8) is 0 Å². The van der Waals surface area contributed by atoms with Gasteiger partial charge < -0.3 is 10.0 Å². The Hall–Kier alpha value is -0.610. The maximum atomic E-state index is 10.9. The average molecular weight is 200 g/mol. The molecule has 1 saturated heterocycles. The molecule has 1 N–H and O–H groups in total. The first-order valence-corrected chi connectivity index (χ1v) is 5.23. The fourth-order valence-electron chi connectivity index (χ4n) is 1.96. The second-order valence-electron chi connectivity index (χ2n) is 4.19. The first kappa shape index (κ1) is 11.5. The lowest BCUT2D eigenvalue weighted by atomic mass is 10.2. The standard InChI is InChI=1S/C10H20N2O2/c1-11(2)6-4-8-12-7-3-5-9(12)10(13)14/h9H,3-8H2,1-2H3,(H,13,14). The fourth-order valence-corrected chi connectivity index (χ4v) is 1.96. The molecule has 1 unspecified atom stereocenters. The molecule has 0 aromatic carbocycles. The van der Waals surface area contributed by atoms with Crippen molar-refractivity contribution in [2.45, 2.75) is 25.3 Å². The normalized spacial score (nSPS) is 23.2. The SMILES string of the molecule is CN(C)CCCN1CCCC1C(=O)O. The second kappa shape index (κ2) is 5.32. The zero-order chi connectivity index (χ0) is 10.6. The number of carboxylic acids is 1. The highest BCUT2D eigenvalue weighted by atomic mass is 16.4. The molecule has 14 heavy (non-hydrogen) atoms. The van der Waals surface area contributed by atoms with Gasteiger partial charge in [-0.15, -0.1) is 0 Å². The van der Waals surface area contributed by atoms with Gasteiger partial charge >= 0.3 is 5.97 Å². The first-order chi connectivity index (χ1) is 6.61. The number of carbonyl (C=O) groups is 1. The zero-order valence-corrected chi connectivity index (χ0v) is 9.07. The summed E-state index contributed by atoms with van der Waals surface area (Å²) in [4.78, 5) is 15.1. The van der Waals surface area contributed by atoms with Gasteiger partial charge in [-0.05, 0) is 46.4 Å². The third-order valence-electron chi connectivity index (χ3n) is 2.70. The molecular weight excluding hydrogens is 180 g/mol. The predicted octanol–water partition coefficient (Wildman–Crippen LogP) is 0.487. The van der Waals surface area contributed by atoms with E-state index in [1.165, 1.54) is 0 Å². The number of nitrogens with zero attached hydrogens (tertiary/aromatic N) is 2. The molecule has 0 aromatic rings. The van der Waals surface area contributed by atoms with Crippen LogP contribution in [0.5, 0.6) is 0 Å². The molecular formula is C10H20N2O2. The maximum absolute atomic E-state index is 10.9. The lowest BCUT2D eigenvalue weighted by Crippen LogP contribution is -2.37. The van der Waals surface area contributed by atoms with Crippen molar-refractivity contribution >= 4 is 5.97 Å². The summed E-state index contributed by atoms with van der Waals surface area (Å²) in [6.45, 7) is 2.89. The van der Waals surface area contributed by atoms with Crippen molar-refractivity contribution in [1.82, 2.24) is 9.80 Å². The summed E-state index contributed by atoms with van der Waals surface area (Å²) in [6, 6.07) is -0.225. The number of likely N-dealkylation sites (tertiary alicyclic amines) is 1. The van der Waals surface area contributed by atoms with E-state index in [9.17, 15) is 4.79 Å². The topological polar surface area (TPSA) is 43.8 Å². The van der Waals surface area contributed by atoms with Crippen LogP contribution in [0.3, 0.4) is 0 Å². The van der Waals surface area contributed by atoms with E-state index in [1.807, 2.05) is 14.1 Å². The highest BCUT2D eigenvalue weighted by Crippen LogP contribution is 2.17. The maximum Gasteiger partial charge on any atom is 0.320 e. The Morgan fingerprint density at radius 2 is 2.29 bits per heavy atom. The third kappa shape index (κ3) is 3.27. The van der Waals surface area contributed by atoms with Gasteiger partial charge in [-0.1, -0.05) is 0 Å². The minimum atomic E-state index is -0.660. The molecule has 4 nitrogen and oxygen atoms in total. The van der Waals surface area contributed by atoms with Gasteiger partial charge in [-0.2, -0.15) is 0 Å². The van der Waals surface area contributed by atoms with Crippen LogP contribution in [-0.2, 0) is 4.79 Å². The highest BCUT2D eigenvalue weighted by molar-refractivity contribution is 5.73. The zero-order valence-electron chi connectivity index (χ0n) is 9.07. The Morgan fingerprint density at radius 3 is 2.86 bits per heavy atom. The highest BCUT2D eigenvalue weighted by Gasteiger charge is 2.29. The molecule has 0 saturated carbocycles. The van der Waals surface area contributed by atoms with Crippen LogP contribution >= 0.6 is 0 Å². The molecule has 1 heterocycles. The monoisotopic (exact) mass is 200 g/mol. The number of aliphatic carboxylic acids is 1. The first-order valence-electron chi connectivity index (χ1n) is 5.23. The Labute approximate surface area is 85.5 Å². The van der Waals surface area contributed by atoms with Gasteiger partial charge in [0.1, 0.15) is 6.04 Å². The largest absolute Gasteiger partial charge is 0.480 e. The van der Waals surface area contributed by atoms with E-state index >= 15 is 0 Å². The van der Waals surface area contributed by atoms with Crippen molar-refractivity contribution in [1.29, 1.82) is 0 Å². The summed E-state index contributed by atoms with van der Waals surface area (Å²) in [7, 11) is 4.08. The number of hydrogen-bond donors (Lipinski definition) is 1. The molecule has 0 radical (unpaired) electrons. The van der Waals surface area contributed by atoms with E-state index in [-0.39, 0.29) is 6.04 Å². The molecule has 0 spiro atoms. The number of carboxylic acid groups (broad SMARTS) is 1. The summed E-state index contributed by atoms with van der Waals surface area (Å²) >= 11 is 0. The van der Waals surface area contributed by atoms with Gasteiger partial charge in [0.05, 0.1) is 0 Å². The van der Waals surface area contributed by atoms with Crippen LogP contribution in [0.25, 0.3) is 0 Å². The summed E-state index contributed by atoms with van der Waals surface area (Å²) < 4.78 is 0. The van der Waals surface area contributed by atoms with E-state index in [0.29, 0.717) is 0 Å². The van der Waals surface area contributed by atoms with E-state index in [2.05, 4.69) is 9.80 Å². The summed E-state index contributed by atoms with van der Waals surface area (Å²) in [5.74, 6) is -0.660. The molecule has 4 heteroatoms. The molecule has 1 rings (SSSR count). The van der Waals surface area contributed by atoms with Crippen molar-refractivity contribution in [3.8, 4) is 0 Å². The lowest BCUT2D eigenvalue weighted by Gasteiger charge is -2.21. The van der Waals surface area contributed by atoms with E-state index in [1.54, 1.807) is 0 Å². The summed E-state index contributed by atoms with van der Waals surface area (Å²) in [6.07, 6.45) is 2.90. The van der Waals surface area contributed by atoms with Gasteiger partial charge in [0.15, 0.2) is 0 Å². The van der Waals surface area contributed by atoms with E-state index < -0.39 is 5.97 Å². The van der Waals surface area contributed by atoms with Crippen molar-refractivity contribution < 1.29 is 9.90 Å². The Balaban J connectivity index is 2.26. The Kier molecular flexibility index (Phi) is 4.35. The number of hydrogen-bond acceptors (Lipinski definition) is 3. The van der Waals surface area contributed by atoms with Crippen LogP contribution in [-0.4, -0.2) is 60.6 Å². The van der Waals surface area contributed by atoms with Gasteiger partial charge in [-0.25, -0.2) is 0 Å². The Morgan fingerprint density at radius 1 is 1.57 bits per heavy atom. The molecule has 0 amide bonds. The average Bonchev–Trinajstić information content (AvgIpc) is 2.51. The van der Waals surface area contributed by atoms with Crippen LogP contribution in [0.4, 0.5) is 0 Å². The van der Waals surface area contributed by atoms with E-state index in [4.69, 9.17) is 5.11 Å². The van der Waals surface area contributed by atoms with Crippen LogP contribution < -0.4 is 0 Å². The molecule has 1 aliphatic heterocycles. The van der Waals surface area contributed by atoms with Gasteiger partial charge in [0, 0.05) is 6.54 Å². The molecule has 82 valence electrons. The molecule has 0 aromatic heterocycles. The molecule has 0 bridgehead atoms. The third-order valence-corrected chi connectivity index (χ3v) is 2.70. The molecule has 0 aliphatic carbocycles. The summed E-state index contributed by atoms with van der Waals surface area (Å²) in [5.41, 5.74) is 0. The minimum Gasteiger partial charge on any atom is -0.480 e. The lowest BCUT2D eigenvalue weighted by molar-refractivity contribution is -0.142. The van der Waals surface area contributed by atoms with Gasteiger partial charge in [-0.3, -0.25) is 9.69 Å². The van der Waals surface area contributed by atoms with Crippen LogP contribution in [0.1, 0.15) is 19.3 Å². The van der Waals surface area contributed by atoms with Crippen molar-refractivity contribution in [2.75, 3.05) is 33.7 Å². The van der Waals surface area contributed by atoms with Crippen molar-refractivity contribution in [2.24, 2.45) is 0 Å². The van der Waals surface area contributed by atoms with Crippen LogP contribution in [0, 0.1) is 0 Å². The van der Waals surface area contributed by atoms with Crippen molar-refractivity contribution in [3.05, 3.63) is 0 Å². The fraction of sp³-hybridized carbons (Fsp3) is 0.900.